The number of esters is 1. The van der Waals surface area contributed by atoms with Gasteiger partial charge in [-0.3, -0.25) is 24.3 Å². The Kier molecular flexibility index (Phi) is 15.9. The number of carbonyl (C=O) groups is 3. The van der Waals surface area contributed by atoms with Crippen LogP contribution in [0.4, 0.5) is 5.69 Å². The van der Waals surface area contributed by atoms with Crippen LogP contribution in [0.5, 0.6) is 23.0 Å². The summed E-state index contributed by atoms with van der Waals surface area (Å²) in [5.41, 5.74) is -0.317. The van der Waals surface area contributed by atoms with Crippen molar-refractivity contribution in [3.63, 3.8) is 0 Å². The monoisotopic (exact) mass is 878 g/mol. The third-order valence-electron chi connectivity index (χ3n) is 12.8. The number of unbranched alkanes of at least 4 members (excludes halogenated alkanes) is 2. The summed E-state index contributed by atoms with van der Waals surface area (Å²) in [5, 5.41) is 67.4. The van der Waals surface area contributed by atoms with Crippen LogP contribution in [-0.2, 0) is 23.8 Å². The van der Waals surface area contributed by atoms with E-state index in [9.17, 15) is 39.9 Å². The van der Waals surface area contributed by atoms with Gasteiger partial charge in [0.1, 0.15) is 23.4 Å². The van der Waals surface area contributed by atoms with E-state index in [1.807, 2.05) is 5.01 Å². The van der Waals surface area contributed by atoms with Crippen LogP contribution in [0.15, 0.2) is 41.2 Å². The summed E-state index contributed by atoms with van der Waals surface area (Å²) in [6.07, 6.45) is 8.30. The van der Waals surface area contributed by atoms with Crippen molar-refractivity contribution in [2.24, 2.45) is 28.8 Å². The van der Waals surface area contributed by atoms with Crippen molar-refractivity contribution in [3.05, 3.63) is 52.8 Å². The van der Waals surface area contributed by atoms with E-state index in [4.69, 9.17) is 18.9 Å². The first-order valence-electron chi connectivity index (χ1n) is 21.9. The van der Waals surface area contributed by atoms with E-state index in [0.717, 1.165) is 38.9 Å². The fraction of sp³-hybridized carbons (Fsp3) is 0.574. The number of hydrogen-bond acceptors (Lipinski definition) is 15. The Morgan fingerprint density at radius 3 is 2.27 bits per heavy atom. The molecule has 4 heterocycles. The number of hydrazone groups is 1. The number of Topliss-reactive ketones (excluding diaryl/α,β-unsaturated/α-hetero) is 1. The fourth-order valence-corrected chi connectivity index (χ4v) is 8.67. The number of piperazine rings is 1. The second-order valence-electron chi connectivity index (χ2n) is 17.4. The molecule has 5 bridgehead atoms. The predicted octanol–water partition coefficient (Wildman–Crippen LogP) is 5.90. The zero-order chi connectivity index (χ0) is 46.5. The minimum Gasteiger partial charge on any atom is -0.507 e. The van der Waals surface area contributed by atoms with Crippen molar-refractivity contribution in [1.82, 2.24) is 9.91 Å². The molecule has 2 aromatic carbocycles. The highest BCUT2D eigenvalue weighted by atomic mass is 16.7. The van der Waals surface area contributed by atoms with Crippen LogP contribution in [0.3, 0.4) is 0 Å². The zero-order valence-electron chi connectivity index (χ0n) is 38.2. The van der Waals surface area contributed by atoms with Gasteiger partial charge >= 0.3 is 11.8 Å². The number of allylic oxidation sites excluding steroid dienone is 2. The van der Waals surface area contributed by atoms with Gasteiger partial charge in [-0.25, -0.2) is 0 Å². The van der Waals surface area contributed by atoms with E-state index in [1.54, 1.807) is 39.8 Å². The first kappa shape index (κ1) is 48.9. The molecular formula is C47H66N4O12. The SMILES string of the molecule is CCCCCN1CCN(/N=C\c2c3c(O)c4c(O)c(C)c5c(c4c2O)C(=O)C(C)(O/C=C/C(OC)C(C)C(OC(C)=O)C(C)C(O)C(C)C(O)C(C)/C=C/C=C(\C)C(=O)N3)O5)CC1. The number of ether oxygens (including phenoxy) is 4. The summed E-state index contributed by atoms with van der Waals surface area (Å²) in [5.74, 6) is -8.31. The maximum absolute atomic E-state index is 14.5. The quantitative estimate of drug-likeness (QED) is 0.0599. The number of aliphatic hydroxyl groups excluding tert-OH is 2. The van der Waals surface area contributed by atoms with Crippen LogP contribution in [0.1, 0.15) is 96.1 Å². The average molecular weight is 879 g/mol. The molecule has 9 atom stereocenters. The average Bonchev–Trinajstić information content (AvgIpc) is 3.52. The highest BCUT2D eigenvalue weighted by Crippen LogP contribution is 2.55. The summed E-state index contributed by atoms with van der Waals surface area (Å²) >= 11 is 0. The number of aromatic hydroxyl groups is 3. The van der Waals surface area contributed by atoms with Gasteiger partial charge in [0.15, 0.2) is 5.75 Å². The highest BCUT2D eigenvalue weighted by Gasteiger charge is 2.50. The number of ketones is 1. The molecular weight excluding hydrogens is 813 g/mol. The van der Waals surface area contributed by atoms with E-state index >= 15 is 0 Å². The van der Waals surface area contributed by atoms with Gasteiger partial charge in [0, 0.05) is 87.3 Å². The van der Waals surface area contributed by atoms with Crippen LogP contribution in [0, 0.1) is 30.6 Å². The molecule has 1 saturated heterocycles. The summed E-state index contributed by atoms with van der Waals surface area (Å²) in [7, 11) is 1.44. The molecule has 0 radical (unpaired) electrons. The Bertz CT molecular complexity index is 2140. The molecule has 0 aromatic heterocycles. The number of phenolic OH excluding ortho intramolecular Hbond substituents is 3. The summed E-state index contributed by atoms with van der Waals surface area (Å²) in [4.78, 5) is 43.1. The number of benzene rings is 2. The molecule has 2 aromatic rings. The van der Waals surface area contributed by atoms with Crippen LogP contribution < -0.4 is 10.1 Å². The van der Waals surface area contributed by atoms with Gasteiger partial charge < -0.3 is 49.8 Å². The topological polar surface area (TPSA) is 220 Å². The molecule has 16 heteroatoms. The minimum absolute atomic E-state index is 0.0600. The van der Waals surface area contributed by atoms with Gasteiger partial charge in [-0.05, 0) is 32.9 Å². The second-order valence-corrected chi connectivity index (χ2v) is 17.4. The molecule has 4 aliphatic rings. The second kappa shape index (κ2) is 20.6. The van der Waals surface area contributed by atoms with Crippen molar-refractivity contribution in [2.45, 2.75) is 112 Å². The number of hydrogen-bond donors (Lipinski definition) is 6. The van der Waals surface area contributed by atoms with E-state index in [2.05, 4.69) is 22.2 Å². The largest absolute Gasteiger partial charge is 0.507 e. The molecule has 1 amide bonds. The first-order chi connectivity index (χ1) is 29.8. The Morgan fingerprint density at radius 1 is 0.952 bits per heavy atom. The molecule has 6 rings (SSSR count). The molecule has 9 unspecified atom stereocenters. The maximum Gasteiger partial charge on any atom is 0.312 e. The molecule has 1 fully saturated rings. The summed E-state index contributed by atoms with van der Waals surface area (Å²) < 4.78 is 23.7. The highest BCUT2D eigenvalue weighted by molar-refractivity contribution is 6.23. The maximum atomic E-state index is 14.5. The van der Waals surface area contributed by atoms with Crippen molar-refractivity contribution in [3.8, 4) is 23.0 Å². The van der Waals surface area contributed by atoms with Crippen molar-refractivity contribution < 1.29 is 58.9 Å². The van der Waals surface area contributed by atoms with Gasteiger partial charge in [-0.1, -0.05) is 65.7 Å². The van der Waals surface area contributed by atoms with Gasteiger partial charge in [0.2, 0.25) is 0 Å². The number of fused-ring (bicyclic) bond motifs is 14. The number of rotatable bonds is 8. The van der Waals surface area contributed by atoms with Crippen molar-refractivity contribution in [2.75, 3.05) is 45.2 Å². The molecule has 63 heavy (non-hydrogen) atoms. The molecule has 4 aliphatic heterocycles. The molecule has 0 saturated carbocycles. The lowest BCUT2D eigenvalue weighted by Gasteiger charge is -2.38. The smallest absolute Gasteiger partial charge is 0.312 e. The number of carbonyl (C=O) groups excluding carboxylic acids is 3. The van der Waals surface area contributed by atoms with E-state index in [1.165, 1.54) is 59.4 Å². The van der Waals surface area contributed by atoms with Gasteiger partial charge in [-0.2, -0.15) is 5.10 Å². The molecule has 0 spiro atoms. The fourth-order valence-electron chi connectivity index (χ4n) is 8.67. The van der Waals surface area contributed by atoms with Crippen molar-refractivity contribution >= 4 is 40.3 Å². The standard InChI is InChI=1S/C47H66N4O12/c1-11-12-13-18-50-19-21-51(22-20-50)48-24-32-37-42(57)35-34(41(32)56)36-44(30(7)40(35)55)63-47(9,45(36)58)61-23-17-33(60-10)27(4)43(62-31(8)52)29(6)39(54)28(5)38(53)25(2)15-14-16-26(3)46(59)49-37/h14-17,23-25,27-29,33,38-39,43,53-57H,11-13,18-22H2,1-10H3,(H,49,59)/b15-14+,23-17+,26-16+,48-24-. The number of aliphatic hydroxyl groups is 2. The number of anilines is 1. The minimum atomic E-state index is -2.05. The molecule has 0 aliphatic carbocycles. The van der Waals surface area contributed by atoms with Crippen molar-refractivity contribution in [1.29, 1.82) is 0 Å². The van der Waals surface area contributed by atoms with Crippen LogP contribution >= 0.6 is 0 Å². The van der Waals surface area contributed by atoms with Crippen LogP contribution in [0.25, 0.3) is 10.8 Å². The summed E-state index contributed by atoms with van der Waals surface area (Å²) in [6, 6.07) is 0. The molecule has 16 nitrogen and oxygen atoms in total. The Hall–Kier alpha value is -5.16. The predicted molar refractivity (Wildman–Crippen MR) is 239 cm³/mol. The Balaban J connectivity index is 1.66. The van der Waals surface area contributed by atoms with Gasteiger partial charge in [0.05, 0.1) is 53.0 Å². The van der Waals surface area contributed by atoms with E-state index < -0.39 is 88.8 Å². The molecule has 6 N–H and O–H groups in total. The number of nitrogens with one attached hydrogen (secondary N) is 1. The normalized spacial score (nSPS) is 30.8. The zero-order valence-corrected chi connectivity index (χ0v) is 38.2. The third kappa shape index (κ3) is 10.3. The lowest BCUT2D eigenvalue weighted by molar-refractivity contribution is -0.160. The number of nitrogens with zero attached hydrogens (tertiary/aromatic N) is 3. The first-order valence-corrected chi connectivity index (χ1v) is 21.9. The lowest BCUT2D eigenvalue weighted by atomic mass is 9.78. The Morgan fingerprint density at radius 2 is 1.63 bits per heavy atom. The van der Waals surface area contributed by atoms with E-state index in [0.29, 0.717) is 13.1 Å². The van der Waals surface area contributed by atoms with Crippen LogP contribution in [-0.4, -0.2) is 129 Å². The molecule has 346 valence electrons. The van der Waals surface area contributed by atoms with Gasteiger partial charge in [-0.15, -0.1) is 0 Å². The summed E-state index contributed by atoms with van der Waals surface area (Å²) in [6.45, 7) is 18.4. The third-order valence-corrected chi connectivity index (χ3v) is 12.8. The Labute approximate surface area is 369 Å². The number of amides is 1. The lowest BCUT2D eigenvalue weighted by Crippen LogP contribution is -2.46. The van der Waals surface area contributed by atoms with Crippen LogP contribution in [0.2, 0.25) is 0 Å². The van der Waals surface area contributed by atoms with Gasteiger partial charge in [0.25, 0.3) is 11.7 Å². The van der Waals surface area contributed by atoms with E-state index in [-0.39, 0.29) is 44.5 Å². The number of phenols is 3. The number of methoxy groups -OCH3 is 1.